The summed E-state index contributed by atoms with van der Waals surface area (Å²) in [6.07, 6.45) is -1.49. The minimum Gasteiger partial charge on any atom is -0.481 e. The van der Waals surface area contributed by atoms with Gasteiger partial charge in [-0.25, -0.2) is 0 Å². The van der Waals surface area contributed by atoms with Gasteiger partial charge >= 0.3 is 29.8 Å². The zero-order chi connectivity index (χ0) is 24.3. The fourth-order valence-corrected chi connectivity index (χ4v) is 3.52. The molecule has 0 radical (unpaired) electrons. The third-order valence-electron chi connectivity index (χ3n) is 4.93. The maximum Gasteiger partial charge on any atom is 0.317 e. The fourth-order valence-electron chi connectivity index (χ4n) is 3.52. The van der Waals surface area contributed by atoms with E-state index in [1.807, 2.05) is 0 Å². The molecule has 1 rings (SSSR count). The zero-order valence-electron chi connectivity index (χ0n) is 17.4. The molecule has 0 aromatic carbocycles. The Bertz CT molecular complexity index is 689. The average Bonchev–Trinajstić information content (AvgIpc) is 2.63. The van der Waals surface area contributed by atoms with Crippen molar-refractivity contribution in [3.63, 3.8) is 0 Å². The molecule has 1 saturated heterocycles. The topological polar surface area (TPSA) is 226 Å². The fraction of sp³-hybridized carbons (Fsp3) is 0.722. The van der Waals surface area contributed by atoms with Gasteiger partial charge in [0.25, 0.3) is 0 Å². The maximum atomic E-state index is 11.4. The van der Waals surface area contributed by atoms with Crippen molar-refractivity contribution in [2.24, 2.45) is 0 Å². The molecule has 1 aliphatic heterocycles. The standard InChI is InChI=1S/C18H30N4O10/c23-14(24)1-10-6-20-12(3-16(27)28)8-22(9-18(31)32)13(4-17(29)30)7-21-11(5-19-10)2-15(25)26/h10-13,19-21H,1-9H2,(H,23,24)(H,25,26)(H,27,28)(H,29,30)(H,31,32)/t10-,11-,12-,13-/m0/s1. The molecule has 32 heavy (non-hydrogen) atoms. The Kier molecular flexibility index (Phi) is 11.5. The van der Waals surface area contributed by atoms with Crippen molar-refractivity contribution in [1.82, 2.24) is 20.9 Å². The van der Waals surface area contributed by atoms with Crippen LogP contribution >= 0.6 is 0 Å². The summed E-state index contributed by atoms with van der Waals surface area (Å²) in [6, 6.07) is -2.97. The van der Waals surface area contributed by atoms with E-state index in [1.165, 1.54) is 4.90 Å². The molecule has 14 heteroatoms. The molecule has 0 aromatic rings. The summed E-state index contributed by atoms with van der Waals surface area (Å²) in [5, 5.41) is 54.9. The van der Waals surface area contributed by atoms with E-state index in [0.29, 0.717) is 0 Å². The number of rotatable bonds is 10. The number of nitrogens with zero attached hydrogens (tertiary/aromatic N) is 1. The lowest BCUT2D eigenvalue weighted by atomic mass is 10.1. The highest BCUT2D eigenvalue weighted by Gasteiger charge is 2.29. The zero-order valence-corrected chi connectivity index (χ0v) is 17.4. The van der Waals surface area contributed by atoms with Crippen LogP contribution in [0.3, 0.4) is 0 Å². The van der Waals surface area contributed by atoms with E-state index >= 15 is 0 Å². The van der Waals surface area contributed by atoms with Crippen LogP contribution in [0.25, 0.3) is 0 Å². The van der Waals surface area contributed by atoms with Gasteiger partial charge < -0.3 is 41.5 Å². The van der Waals surface area contributed by atoms with E-state index < -0.39 is 73.4 Å². The Morgan fingerprint density at radius 2 is 1.00 bits per heavy atom. The number of nitrogens with one attached hydrogen (secondary N) is 3. The quantitative estimate of drug-likeness (QED) is 0.168. The lowest BCUT2D eigenvalue weighted by molar-refractivity contribution is -0.143. The number of aliphatic carboxylic acids is 5. The van der Waals surface area contributed by atoms with Gasteiger partial charge in [0.2, 0.25) is 0 Å². The van der Waals surface area contributed by atoms with E-state index in [2.05, 4.69) is 16.0 Å². The summed E-state index contributed by atoms with van der Waals surface area (Å²) in [5.41, 5.74) is 0. The second kappa shape index (κ2) is 13.6. The molecule has 182 valence electrons. The van der Waals surface area contributed by atoms with Crippen LogP contribution in [0.15, 0.2) is 0 Å². The summed E-state index contributed by atoms with van der Waals surface area (Å²) in [4.78, 5) is 57.7. The molecule has 0 spiro atoms. The van der Waals surface area contributed by atoms with Crippen molar-refractivity contribution in [1.29, 1.82) is 0 Å². The first kappa shape index (κ1) is 27.2. The summed E-state index contributed by atoms with van der Waals surface area (Å²) in [7, 11) is 0. The molecular formula is C18H30N4O10. The van der Waals surface area contributed by atoms with Gasteiger partial charge in [0, 0.05) is 50.3 Å². The predicted octanol–water partition coefficient (Wildman–Crippen LogP) is -2.47. The number of hydrogen-bond donors (Lipinski definition) is 8. The number of carboxylic acids is 5. The van der Waals surface area contributed by atoms with Crippen molar-refractivity contribution in [2.45, 2.75) is 49.9 Å². The summed E-state index contributed by atoms with van der Waals surface area (Å²) in [5.74, 6) is -5.83. The van der Waals surface area contributed by atoms with Gasteiger partial charge in [0.1, 0.15) is 0 Å². The number of carboxylic acid groups (broad SMARTS) is 5. The largest absolute Gasteiger partial charge is 0.481 e. The van der Waals surface area contributed by atoms with Crippen LogP contribution in [-0.4, -0.2) is 117 Å². The molecule has 0 saturated carbocycles. The van der Waals surface area contributed by atoms with Crippen molar-refractivity contribution in [3.8, 4) is 0 Å². The minimum absolute atomic E-state index is 0.0224. The highest BCUT2D eigenvalue weighted by molar-refractivity contribution is 5.70. The van der Waals surface area contributed by atoms with E-state index in [4.69, 9.17) is 10.2 Å². The Hall–Kier alpha value is -2.81. The number of carbonyl (C=O) groups is 5. The van der Waals surface area contributed by atoms with Crippen LogP contribution in [0.4, 0.5) is 0 Å². The highest BCUT2D eigenvalue weighted by Crippen LogP contribution is 2.10. The molecular weight excluding hydrogens is 432 g/mol. The average molecular weight is 462 g/mol. The van der Waals surface area contributed by atoms with Gasteiger partial charge in [-0.15, -0.1) is 0 Å². The Balaban J connectivity index is 3.21. The Labute approximate surface area is 183 Å². The van der Waals surface area contributed by atoms with Gasteiger partial charge in [0.15, 0.2) is 0 Å². The van der Waals surface area contributed by atoms with Crippen LogP contribution in [0, 0.1) is 0 Å². The van der Waals surface area contributed by atoms with Crippen molar-refractivity contribution in [3.05, 3.63) is 0 Å². The molecule has 0 bridgehead atoms. The monoisotopic (exact) mass is 462 g/mol. The molecule has 1 heterocycles. The predicted molar refractivity (Wildman–Crippen MR) is 107 cm³/mol. The second-order valence-electron chi connectivity index (χ2n) is 7.68. The van der Waals surface area contributed by atoms with Gasteiger partial charge in [-0.1, -0.05) is 0 Å². The van der Waals surface area contributed by atoms with Crippen LogP contribution in [-0.2, 0) is 24.0 Å². The summed E-state index contributed by atoms with van der Waals surface area (Å²) < 4.78 is 0. The molecule has 4 atom stereocenters. The van der Waals surface area contributed by atoms with E-state index in [1.54, 1.807) is 0 Å². The third-order valence-corrected chi connectivity index (χ3v) is 4.93. The minimum atomic E-state index is -1.24. The lowest BCUT2D eigenvalue weighted by Crippen LogP contribution is -2.57. The molecule has 14 nitrogen and oxygen atoms in total. The SMILES string of the molecule is O=C(O)C[C@H]1CN[C@@H](CC(=O)O)CN(CC(=O)O)[C@@H](CC(=O)O)CN[C@@H](CC(=O)O)CN1. The second-order valence-corrected chi connectivity index (χ2v) is 7.68. The first-order chi connectivity index (χ1) is 15.0. The molecule has 1 aliphatic rings. The third kappa shape index (κ3) is 11.5. The summed E-state index contributed by atoms with van der Waals surface area (Å²) in [6.45, 7) is -0.676. The maximum absolute atomic E-state index is 11.4. The van der Waals surface area contributed by atoms with Crippen LogP contribution in [0.5, 0.6) is 0 Å². The van der Waals surface area contributed by atoms with Gasteiger partial charge in [-0.3, -0.25) is 28.9 Å². The van der Waals surface area contributed by atoms with Crippen LogP contribution in [0.2, 0.25) is 0 Å². The van der Waals surface area contributed by atoms with Crippen molar-refractivity contribution < 1.29 is 49.5 Å². The van der Waals surface area contributed by atoms with E-state index in [0.717, 1.165) is 0 Å². The van der Waals surface area contributed by atoms with Crippen molar-refractivity contribution in [2.75, 3.05) is 32.7 Å². The first-order valence-corrected chi connectivity index (χ1v) is 9.99. The molecule has 0 unspecified atom stereocenters. The number of hydrogen-bond acceptors (Lipinski definition) is 9. The normalized spacial score (nSPS) is 25.8. The van der Waals surface area contributed by atoms with E-state index in [-0.39, 0.29) is 39.0 Å². The highest BCUT2D eigenvalue weighted by atomic mass is 16.4. The molecule has 8 N–H and O–H groups in total. The van der Waals surface area contributed by atoms with Crippen LogP contribution in [0.1, 0.15) is 25.7 Å². The van der Waals surface area contributed by atoms with Gasteiger partial charge in [-0.2, -0.15) is 0 Å². The van der Waals surface area contributed by atoms with Crippen molar-refractivity contribution >= 4 is 29.8 Å². The van der Waals surface area contributed by atoms with Gasteiger partial charge in [-0.05, 0) is 0 Å². The Morgan fingerprint density at radius 3 is 1.44 bits per heavy atom. The molecule has 0 aromatic heterocycles. The molecule has 0 amide bonds. The first-order valence-electron chi connectivity index (χ1n) is 9.99. The summed E-state index contributed by atoms with van der Waals surface area (Å²) >= 11 is 0. The Morgan fingerprint density at radius 1 is 0.594 bits per heavy atom. The lowest BCUT2D eigenvalue weighted by Gasteiger charge is -2.35. The van der Waals surface area contributed by atoms with E-state index in [9.17, 15) is 39.3 Å². The molecule has 1 fully saturated rings. The smallest absolute Gasteiger partial charge is 0.317 e. The van der Waals surface area contributed by atoms with Crippen LogP contribution < -0.4 is 16.0 Å². The molecule has 0 aliphatic carbocycles. The van der Waals surface area contributed by atoms with Gasteiger partial charge in [0.05, 0.1) is 32.2 Å².